The number of alkyl carbamates (subject to hydrolysis) is 1. The first-order chi connectivity index (χ1) is 32.4. The van der Waals surface area contributed by atoms with Gasteiger partial charge in [0.05, 0.1) is 57.2 Å². The second-order valence-electron chi connectivity index (χ2n) is 16.1. The van der Waals surface area contributed by atoms with Crippen LogP contribution in [0.25, 0.3) is 22.3 Å². The Morgan fingerprint density at radius 3 is 2.24 bits per heavy atom. The highest BCUT2D eigenvalue weighted by Gasteiger charge is 2.43. The Balaban J connectivity index is 1.00. The fourth-order valence-electron chi connectivity index (χ4n) is 7.98. The number of hydrogen-bond donors (Lipinski definition) is 2. The Morgan fingerprint density at radius 2 is 1.58 bits per heavy atom. The third-order valence-electron chi connectivity index (χ3n) is 11.0. The SMILES string of the molecule is COP(=O)(OCCC#N)OC[C@H]1O[C@@H](n2cnc3c(NC(=O)c4ccc(CNC(=O)OCC5c6ccccc6-c6ccccc65)cc4)ncnc32)C[C@H]1OP(OCCC#N)N(C(C)C)C(C)C. The van der Waals surface area contributed by atoms with Gasteiger partial charge in [0, 0.05) is 43.6 Å². The molecule has 1 saturated heterocycles. The second-order valence-corrected chi connectivity index (χ2v) is 19.3. The standard InChI is InChI=1S/C46H53N9O10P2/c1-30(2)55(31(3)4)66(61-22-10-20-47)65-39-24-41(64-40(39)27-63-67(58,59-5)62-23-11-21-48)54-29-52-42-43(50-28-51-44(42)54)53-45(56)33-18-16-32(17-19-33)25-49-46(57)60-26-38-36-14-8-6-12-34(36)35-13-7-9-15-37(35)38/h6-9,12-19,28-31,38-41H,10-11,22-27H2,1-5H3,(H,49,57)(H,50,51,53,56)/t39-,40-,41-,66?,67?/m1/s1. The van der Waals surface area contributed by atoms with E-state index in [4.69, 9.17) is 37.4 Å². The molecule has 0 saturated carbocycles. The average molecular weight is 954 g/mol. The number of rotatable bonds is 22. The molecule has 2 amide bonds. The van der Waals surface area contributed by atoms with Crippen LogP contribution in [0.2, 0.25) is 0 Å². The van der Waals surface area contributed by atoms with Gasteiger partial charge < -0.3 is 29.2 Å². The van der Waals surface area contributed by atoms with Gasteiger partial charge in [-0.25, -0.2) is 29.0 Å². The first-order valence-electron chi connectivity index (χ1n) is 21.8. The first kappa shape index (κ1) is 49.2. The van der Waals surface area contributed by atoms with Crippen LogP contribution in [0.4, 0.5) is 10.6 Å². The molecule has 19 nitrogen and oxygen atoms in total. The third kappa shape index (κ3) is 11.9. The van der Waals surface area contributed by atoms with Gasteiger partial charge in [-0.1, -0.05) is 60.7 Å². The van der Waals surface area contributed by atoms with Gasteiger partial charge in [-0.05, 0) is 67.6 Å². The summed E-state index contributed by atoms with van der Waals surface area (Å²) < 4.78 is 58.2. The number of amides is 2. The zero-order chi connectivity index (χ0) is 47.5. The highest BCUT2D eigenvalue weighted by molar-refractivity contribution is 7.48. The topological polar surface area (TPSA) is 234 Å². The van der Waals surface area contributed by atoms with Crippen molar-refractivity contribution in [2.75, 3.05) is 38.9 Å². The van der Waals surface area contributed by atoms with Gasteiger partial charge in [0.15, 0.2) is 17.0 Å². The Kier molecular flexibility index (Phi) is 16.8. The number of hydrogen-bond acceptors (Lipinski definition) is 16. The number of carbonyl (C=O) groups excluding carboxylic acids is 2. The number of phosphoric acid groups is 1. The fraction of sp³-hybridized carbons (Fsp3) is 0.413. The van der Waals surface area contributed by atoms with E-state index >= 15 is 0 Å². The Bertz CT molecular complexity index is 2580. The van der Waals surface area contributed by atoms with Crippen LogP contribution in [-0.2, 0) is 43.2 Å². The molecule has 67 heavy (non-hydrogen) atoms. The lowest BCUT2D eigenvalue weighted by atomic mass is 9.98. The predicted octanol–water partition coefficient (Wildman–Crippen LogP) is 8.77. The number of nitrogens with one attached hydrogen (secondary N) is 2. The van der Waals surface area contributed by atoms with Gasteiger partial charge in [0.25, 0.3) is 14.4 Å². The largest absolute Gasteiger partial charge is 0.474 e. The summed E-state index contributed by atoms with van der Waals surface area (Å²) in [5.74, 6) is -0.340. The van der Waals surface area contributed by atoms with E-state index in [1.165, 1.54) is 19.8 Å². The molecule has 21 heteroatoms. The fourth-order valence-corrected chi connectivity index (χ4v) is 10.7. The maximum absolute atomic E-state index is 13.5. The lowest BCUT2D eigenvalue weighted by Crippen LogP contribution is -2.36. The molecule has 5 aromatic rings. The number of benzene rings is 3. The van der Waals surface area contributed by atoms with E-state index in [1.54, 1.807) is 28.8 Å². The summed E-state index contributed by atoms with van der Waals surface area (Å²) in [5, 5.41) is 23.8. The number of fused-ring (bicyclic) bond motifs is 4. The number of phosphoric ester groups is 1. The number of nitrogens with zero attached hydrogens (tertiary/aromatic N) is 7. The average Bonchev–Trinajstić information content (AvgIpc) is 4.04. The summed E-state index contributed by atoms with van der Waals surface area (Å²) in [4.78, 5) is 39.7. The van der Waals surface area contributed by atoms with Crippen molar-refractivity contribution in [3.05, 3.63) is 108 Å². The molecule has 7 rings (SSSR count). The number of ether oxygens (including phenoxy) is 2. The zero-order valence-electron chi connectivity index (χ0n) is 37.8. The molecule has 352 valence electrons. The van der Waals surface area contributed by atoms with E-state index in [0.29, 0.717) is 16.7 Å². The molecular weight excluding hydrogens is 901 g/mol. The molecule has 0 spiro atoms. The highest BCUT2D eigenvalue weighted by atomic mass is 31.2. The molecule has 5 atom stereocenters. The van der Waals surface area contributed by atoms with Crippen molar-refractivity contribution >= 4 is 45.3 Å². The van der Waals surface area contributed by atoms with Crippen LogP contribution in [0, 0.1) is 22.7 Å². The van der Waals surface area contributed by atoms with Crippen LogP contribution in [0.5, 0.6) is 0 Å². The Labute approximate surface area is 390 Å². The van der Waals surface area contributed by atoms with Crippen LogP contribution in [0.15, 0.2) is 85.5 Å². The summed E-state index contributed by atoms with van der Waals surface area (Å²) in [5.41, 5.74) is 6.30. The summed E-state index contributed by atoms with van der Waals surface area (Å²) in [6.45, 7) is 8.16. The van der Waals surface area contributed by atoms with Crippen molar-refractivity contribution in [1.82, 2.24) is 29.5 Å². The smallest absolute Gasteiger partial charge is 0.449 e. The van der Waals surface area contributed by atoms with Crippen molar-refractivity contribution in [2.45, 2.75) is 89.9 Å². The predicted molar refractivity (Wildman–Crippen MR) is 247 cm³/mol. The lowest BCUT2D eigenvalue weighted by molar-refractivity contribution is -0.0426. The van der Waals surface area contributed by atoms with Gasteiger partial charge in [0.2, 0.25) is 0 Å². The third-order valence-corrected chi connectivity index (χ3v) is 14.6. The summed E-state index contributed by atoms with van der Waals surface area (Å²) in [6.07, 6.45) is 0.382. The normalized spacial score (nSPS) is 18.0. The number of carbonyl (C=O) groups is 2. The molecule has 1 fully saturated rings. The molecule has 2 aromatic heterocycles. The summed E-state index contributed by atoms with van der Waals surface area (Å²) >= 11 is 0. The molecule has 3 aromatic carbocycles. The Hall–Kier alpha value is -5.69. The van der Waals surface area contributed by atoms with E-state index < -0.39 is 46.8 Å². The summed E-state index contributed by atoms with van der Waals surface area (Å²) in [6, 6.07) is 27.1. The van der Waals surface area contributed by atoms with E-state index in [9.17, 15) is 19.4 Å². The quantitative estimate of drug-likeness (QED) is 0.0487. The minimum absolute atomic E-state index is 0.0165. The molecule has 1 aliphatic heterocycles. The van der Waals surface area contributed by atoms with Crippen molar-refractivity contribution in [1.29, 1.82) is 10.5 Å². The van der Waals surface area contributed by atoms with Gasteiger partial charge >= 0.3 is 13.9 Å². The number of imidazole rings is 1. The van der Waals surface area contributed by atoms with Gasteiger partial charge in [-0.3, -0.25) is 22.9 Å². The molecule has 2 unspecified atom stereocenters. The lowest BCUT2D eigenvalue weighted by Gasteiger charge is -2.37. The van der Waals surface area contributed by atoms with Crippen molar-refractivity contribution in [2.24, 2.45) is 0 Å². The zero-order valence-corrected chi connectivity index (χ0v) is 39.6. The van der Waals surface area contributed by atoms with E-state index in [1.807, 2.05) is 58.0 Å². The second kappa shape index (κ2) is 22.9. The summed E-state index contributed by atoms with van der Waals surface area (Å²) in [7, 11) is -4.61. The highest BCUT2D eigenvalue weighted by Crippen LogP contribution is 2.53. The number of nitriles is 2. The van der Waals surface area contributed by atoms with Gasteiger partial charge in [-0.15, -0.1) is 0 Å². The first-order valence-corrected chi connectivity index (χ1v) is 24.4. The molecular formula is C46H53N9O10P2. The number of anilines is 1. The van der Waals surface area contributed by atoms with Gasteiger partial charge in [0.1, 0.15) is 25.3 Å². The van der Waals surface area contributed by atoms with Crippen LogP contribution < -0.4 is 10.6 Å². The van der Waals surface area contributed by atoms with Crippen LogP contribution >= 0.6 is 16.3 Å². The molecule has 0 radical (unpaired) electrons. The van der Waals surface area contributed by atoms with Crippen LogP contribution in [-0.4, -0.2) is 94.0 Å². The maximum atomic E-state index is 13.5. The van der Waals surface area contributed by atoms with E-state index in [0.717, 1.165) is 27.8 Å². The van der Waals surface area contributed by atoms with Crippen LogP contribution in [0.3, 0.4) is 0 Å². The number of aromatic nitrogens is 4. The van der Waals surface area contributed by atoms with Crippen molar-refractivity contribution in [3.8, 4) is 23.3 Å². The monoisotopic (exact) mass is 953 g/mol. The van der Waals surface area contributed by atoms with Crippen molar-refractivity contribution in [3.63, 3.8) is 0 Å². The van der Waals surface area contributed by atoms with E-state index in [-0.39, 0.29) is 76.1 Å². The van der Waals surface area contributed by atoms with Crippen LogP contribution in [0.1, 0.15) is 86.2 Å². The molecule has 2 aliphatic rings. The molecule has 3 heterocycles. The maximum Gasteiger partial charge on any atom is 0.474 e. The minimum Gasteiger partial charge on any atom is -0.449 e. The molecule has 2 N–H and O–H groups in total. The molecule has 0 bridgehead atoms. The minimum atomic E-state index is -4.07. The van der Waals surface area contributed by atoms with Crippen molar-refractivity contribution < 1.29 is 46.2 Å². The molecule has 1 aliphatic carbocycles. The Morgan fingerprint density at radius 1 is 0.910 bits per heavy atom. The van der Waals surface area contributed by atoms with Gasteiger partial charge in [-0.2, -0.15) is 10.5 Å². The van der Waals surface area contributed by atoms with E-state index in [2.05, 4.69) is 60.6 Å².